The van der Waals surface area contributed by atoms with E-state index in [1.165, 1.54) is 4.90 Å². The third-order valence-electron chi connectivity index (χ3n) is 6.04. The summed E-state index contributed by atoms with van der Waals surface area (Å²) in [4.78, 5) is 26.3. The van der Waals surface area contributed by atoms with Crippen molar-refractivity contribution in [1.82, 2.24) is 4.90 Å². The SMILES string of the molecule is O=C(O)[C@@H]1C[C@@H](S(=O)(=O)CC2CC2)CN1C(=O)C1(c2ccc(Cl)cc2)CC1. The topological polar surface area (TPSA) is 91.8 Å². The number of carboxylic acids is 1. The molecule has 1 heterocycles. The van der Waals surface area contributed by atoms with Crippen LogP contribution >= 0.6 is 11.6 Å². The molecule has 6 nitrogen and oxygen atoms in total. The molecule has 0 radical (unpaired) electrons. The van der Waals surface area contributed by atoms with E-state index in [4.69, 9.17) is 11.6 Å². The highest BCUT2D eigenvalue weighted by molar-refractivity contribution is 7.92. The standard InChI is InChI=1S/C19H22ClNO5S/c20-14-5-3-13(4-6-14)19(7-8-19)18(24)21-10-15(9-16(21)17(22)23)27(25,26)11-12-1-2-12/h3-6,12,15-16H,1-2,7-11H2,(H,22,23)/t15-,16+/m1/s1. The second-order valence-electron chi connectivity index (χ2n) is 8.03. The molecule has 2 aliphatic carbocycles. The van der Waals surface area contributed by atoms with Crippen LogP contribution in [0.4, 0.5) is 0 Å². The molecule has 1 aromatic carbocycles. The minimum absolute atomic E-state index is 0.0210. The van der Waals surface area contributed by atoms with Gasteiger partial charge in [-0.2, -0.15) is 0 Å². The van der Waals surface area contributed by atoms with Crippen LogP contribution in [0.1, 0.15) is 37.7 Å². The van der Waals surface area contributed by atoms with E-state index in [9.17, 15) is 23.1 Å². The second-order valence-corrected chi connectivity index (χ2v) is 10.8. The lowest BCUT2D eigenvalue weighted by Crippen LogP contribution is -2.46. The Morgan fingerprint density at radius 3 is 2.33 bits per heavy atom. The van der Waals surface area contributed by atoms with Gasteiger partial charge in [0.15, 0.2) is 9.84 Å². The van der Waals surface area contributed by atoms with Crippen LogP contribution in [0, 0.1) is 5.92 Å². The van der Waals surface area contributed by atoms with Crippen LogP contribution < -0.4 is 0 Å². The number of hydrogen-bond acceptors (Lipinski definition) is 4. The molecular weight excluding hydrogens is 390 g/mol. The van der Waals surface area contributed by atoms with Gasteiger partial charge in [0.2, 0.25) is 5.91 Å². The maximum atomic E-state index is 13.3. The van der Waals surface area contributed by atoms with Crippen LogP contribution in [0.15, 0.2) is 24.3 Å². The first-order valence-electron chi connectivity index (χ1n) is 9.24. The summed E-state index contributed by atoms with van der Waals surface area (Å²) in [7, 11) is -3.40. The highest BCUT2D eigenvalue weighted by Gasteiger charge is 2.57. The zero-order chi connectivity index (χ0) is 19.4. The third kappa shape index (κ3) is 3.47. The van der Waals surface area contributed by atoms with Crippen LogP contribution in [0.25, 0.3) is 0 Å². The second kappa shape index (κ2) is 6.48. The lowest BCUT2D eigenvalue weighted by molar-refractivity contribution is -0.149. The molecule has 2 saturated carbocycles. The number of carboxylic acid groups (broad SMARTS) is 1. The van der Waals surface area contributed by atoms with Gasteiger partial charge in [0.1, 0.15) is 6.04 Å². The molecule has 1 aromatic rings. The maximum Gasteiger partial charge on any atom is 0.326 e. The predicted octanol–water partition coefficient (Wildman–Crippen LogP) is 2.25. The summed E-state index contributed by atoms with van der Waals surface area (Å²) in [5.74, 6) is -1.11. The quantitative estimate of drug-likeness (QED) is 0.775. The third-order valence-corrected chi connectivity index (χ3v) is 8.58. The van der Waals surface area contributed by atoms with Crippen molar-refractivity contribution in [3.05, 3.63) is 34.9 Å². The largest absolute Gasteiger partial charge is 0.480 e. The molecule has 3 aliphatic rings. The number of halogens is 1. The van der Waals surface area contributed by atoms with E-state index in [0.29, 0.717) is 17.9 Å². The van der Waals surface area contributed by atoms with Crippen molar-refractivity contribution in [3.63, 3.8) is 0 Å². The van der Waals surface area contributed by atoms with E-state index in [0.717, 1.165) is 18.4 Å². The monoisotopic (exact) mass is 411 g/mol. The summed E-state index contributed by atoms with van der Waals surface area (Å²) >= 11 is 5.93. The normalized spacial score (nSPS) is 26.8. The van der Waals surface area contributed by atoms with E-state index in [-0.39, 0.29) is 30.5 Å². The molecule has 1 amide bonds. The Labute approximate surface area is 163 Å². The minimum Gasteiger partial charge on any atom is -0.480 e. The Morgan fingerprint density at radius 1 is 1.19 bits per heavy atom. The van der Waals surface area contributed by atoms with E-state index in [1.807, 2.05) is 0 Å². The van der Waals surface area contributed by atoms with E-state index in [2.05, 4.69) is 0 Å². The first kappa shape index (κ1) is 18.7. The molecule has 2 atom stereocenters. The summed E-state index contributed by atoms with van der Waals surface area (Å²) in [5.41, 5.74) is 0.0679. The Hall–Kier alpha value is -1.60. The van der Waals surface area contributed by atoms with Crippen LogP contribution in [0.3, 0.4) is 0 Å². The summed E-state index contributed by atoms with van der Waals surface area (Å²) in [6, 6.07) is 5.93. The summed E-state index contributed by atoms with van der Waals surface area (Å²) < 4.78 is 25.3. The van der Waals surface area contributed by atoms with E-state index in [1.54, 1.807) is 24.3 Å². The van der Waals surface area contributed by atoms with Crippen molar-refractivity contribution >= 4 is 33.3 Å². The molecule has 0 spiro atoms. The highest BCUT2D eigenvalue weighted by atomic mass is 35.5. The molecule has 146 valence electrons. The van der Waals surface area contributed by atoms with E-state index < -0.39 is 32.5 Å². The number of carbonyl (C=O) groups excluding carboxylic acids is 1. The number of sulfone groups is 1. The average molecular weight is 412 g/mol. The van der Waals surface area contributed by atoms with Crippen LogP contribution in [0.2, 0.25) is 5.02 Å². The van der Waals surface area contributed by atoms with Crippen LogP contribution in [-0.2, 0) is 24.8 Å². The Kier molecular flexibility index (Phi) is 4.50. The number of likely N-dealkylation sites (tertiary alicyclic amines) is 1. The van der Waals surface area contributed by atoms with Gasteiger partial charge in [-0.1, -0.05) is 23.7 Å². The van der Waals surface area contributed by atoms with Gasteiger partial charge in [0.25, 0.3) is 0 Å². The zero-order valence-corrected chi connectivity index (χ0v) is 16.4. The number of amides is 1. The van der Waals surface area contributed by atoms with E-state index >= 15 is 0 Å². The van der Waals surface area contributed by atoms with Crippen LogP contribution in [0.5, 0.6) is 0 Å². The molecule has 1 N–H and O–H groups in total. The molecule has 1 aliphatic heterocycles. The molecule has 27 heavy (non-hydrogen) atoms. The van der Waals surface area contributed by atoms with Gasteiger partial charge in [0, 0.05) is 11.6 Å². The van der Waals surface area contributed by atoms with Crippen molar-refractivity contribution < 1.29 is 23.1 Å². The molecule has 3 fully saturated rings. The number of carbonyl (C=O) groups is 2. The van der Waals surface area contributed by atoms with Crippen molar-refractivity contribution in [1.29, 1.82) is 0 Å². The molecule has 0 unspecified atom stereocenters. The zero-order valence-electron chi connectivity index (χ0n) is 14.8. The fourth-order valence-corrected chi connectivity index (χ4v) is 6.31. The smallest absolute Gasteiger partial charge is 0.326 e. The first-order chi connectivity index (χ1) is 12.7. The number of hydrogen-bond donors (Lipinski definition) is 1. The van der Waals surface area contributed by atoms with Gasteiger partial charge in [-0.25, -0.2) is 13.2 Å². The maximum absolute atomic E-state index is 13.3. The van der Waals surface area contributed by atoms with Gasteiger partial charge in [0.05, 0.1) is 16.4 Å². The van der Waals surface area contributed by atoms with Gasteiger partial charge in [-0.05, 0) is 55.7 Å². The number of aliphatic carboxylic acids is 1. The average Bonchev–Trinajstić information content (AvgIpc) is 3.53. The Morgan fingerprint density at radius 2 is 1.81 bits per heavy atom. The number of rotatable bonds is 6. The molecule has 0 aromatic heterocycles. The lowest BCUT2D eigenvalue weighted by Gasteiger charge is -2.27. The molecule has 8 heteroatoms. The van der Waals surface area contributed by atoms with Gasteiger partial charge < -0.3 is 10.0 Å². The van der Waals surface area contributed by atoms with Gasteiger partial charge >= 0.3 is 5.97 Å². The predicted molar refractivity (Wildman–Crippen MR) is 100 cm³/mol. The Balaban J connectivity index is 1.58. The fourth-order valence-electron chi connectivity index (χ4n) is 4.06. The van der Waals surface area contributed by atoms with Crippen molar-refractivity contribution in [2.75, 3.05) is 12.3 Å². The molecule has 0 bridgehead atoms. The molecule has 4 rings (SSSR count). The summed E-state index contributed by atoms with van der Waals surface area (Å²) in [6.07, 6.45) is 3.08. The van der Waals surface area contributed by atoms with Crippen molar-refractivity contribution in [2.45, 2.75) is 48.8 Å². The van der Waals surface area contributed by atoms with Gasteiger partial charge in [-0.15, -0.1) is 0 Å². The Bertz CT molecular complexity index is 874. The van der Waals surface area contributed by atoms with Crippen LogP contribution in [-0.4, -0.2) is 53.9 Å². The molecular formula is C19H22ClNO5S. The minimum atomic E-state index is -3.40. The lowest BCUT2D eigenvalue weighted by atomic mass is 9.94. The van der Waals surface area contributed by atoms with Gasteiger partial charge in [-0.3, -0.25) is 4.79 Å². The number of nitrogens with zero attached hydrogens (tertiary/aromatic N) is 1. The summed E-state index contributed by atoms with van der Waals surface area (Å²) in [5, 5.41) is 9.38. The van der Waals surface area contributed by atoms with Crippen molar-refractivity contribution in [3.8, 4) is 0 Å². The number of benzene rings is 1. The fraction of sp³-hybridized carbons (Fsp3) is 0.579. The highest BCUT2D eigenvalue weighted by Crippen LogP contribution is 2.51. The van der Waals surface area contributed by atoms with Crippen molar-refractivity contribution in [2.24, 2.45) is 5.92 Å². The molecule has 1 saturated heterocycles. The first-order valence-corrected chi connectivity index (χ1v) is 11.3. The summed E-state index contributed by atoms with van der Waals surface area (Å²) in [6.45, 7) is -0.0276.